The molecule has 0 N–H and O–H groups in total. The van der Waals surface area contributed by atoms with Gasteiger partial charge in [-0.25, -0.2) is 9.97 Å². The van der Waals surface area contributed by atoms with Crippen LogP contribution >= 0.6 is 0 Å². The molecule has 0 unspecified atom stereocenters. The number of anilines is 1. The Labute approximate surface area is 198 Å². The van der Waals surface area contributed by atoms with Gasteiger partial charge in [-0.2, -0.15) is 0 Å². The number of nitrogens with zero attached hydrogens (tertiary/aromatic N) is 5. The van der Waals surface area contributed by atoms with E-state index in [1.165, 1.54) is 0 Å². The molecule has 0 aliphatic heterocycles. The van der Waals surface area contributed by atoms with Crippen molar-refractivity contribution in [1.29, 1.82) is 0 Å². The zero-order valence-electron chi connectivity index (χ0n) is 21.5. The Morgan fingerprint density at radius 3 is 2.55 bits per heavy atom. The van der Waals surface area contributed by atoms with Gasteiger partial charge < -0.3 is 14.5 Å². The number of carbonyl (C=O) groups is 1. The number of hydrogen-bond donors (Lipinski definition) is 0. The smallest absolute Gasteiger partial charge is 0.180 e. The van der Waals surface area contributed by atoms with Crippen molar-refractivity contribution in [3.8, 4) is 17.3 Å². The molecule has 33 heavy (non-hydrogen) atoms. The van der Waals surface area contributed by atoms with E-state index >= 15 is 0 Å². The molecule has 7 nitrogen and oxygen atoms in total. The Morgan fingerprint density at radius 2 is 1.88 bits per heavy atom. The van der Waals surface area contributed by atoms with Crippen LogP contribution in [0.15, 0.2) is 18.3 Å². The highest BCUT2D eigenvalue weighted by molar-refractivity contribution is 5.84. The van der Waals surface area contributed by atoms with Crippen LogP contribution in [0.1, 0.15) is 52.3 Å². The summed E-state index contributed by atoms with van der Waals surface area (Å²) in [5.41, 5.74) is 2.96. The fourth-order valence-electron chi connectivity index (χ4n) is 4.23. The fraction of sp³-hybridized carbons (Fsp3) is 0.615. The van der Waals surface area contributed by atoms with Crippen LogP contribution in [0.2, 0.25) is 0 Å². The average Bonchev–Trinajstić information content (AvgIpc) is 2.99. The van der Waals surface area contributed by atoms with E-state index in [2.05, 4.69) is 44.5 Å². The van der Waals surface area contributed by atoms with E-state index in [9.17, 15) is 4.79 Å². The van der Waals surface area contributed by atoms with Crippen molar-refractivity contribution in [3.63, 3.8) is 0 Å². The number of fused-ring (bicyclic) bond motifs is 1. The van der Waals surface area contributed by atoms with Gasteiger partial charge in [0, 0.05) is 37.8 Å². The summed E-state index contributed by atoms with van der Waals surface area (Å²) < 4.78 is 5.89. The fourth-order valence-corrected chi connectivity index (χ4v) is 4.23. The van der Waals surface area contributed by atoms with Crippen LogP contribution in [-0.4, -0.2) is 66.5 Å². The number of hydrogen-bond acceptors (Lipinski definition) is 7. The first kappa shape index (κ1) is 25.1. The number of pyridine rings is 1. The van der Waals surface area contributed by atoms with Gasteiger partial charge in [-0.15, -0.1) is 0 Å². The van der Waals surface area contributed by atoms with Crippen LogP contribution in [0.25, 0.3) is 11.5 Å². The number of rotatable bonds is 9. The zero-order valence-corrected chi connectivity index (χ0v) is 21.5. The van der Waals surface area contributed by atoms with Crippen LogP contribution in [-0.2, 0) is 17.6 Å². The standard InChI is InChI=1S/C26H39N5O2/c1-25(2,3)14-18(32)17-31(8)24-20-15-26(4,5)16-22(20)28-23(29-24)21-13-19(9-10-27-21)33-12-11-30(6)7/h9-10,13H,11-12,14-17H2,1-8H3. The minimum absolute atomic E-state index is 0.0321. The summed E-state index contributed by atoms with van der Waals surface area (Å²) in [5.74, 6) is 2.38. The van der Waals surface area contributed by atoms with Gasteiger partial charge in [-0.3, -0.25) is 9.78 Å². The maximum absolute atomic E-state index is 12.7. The highest BCUT2D eigenvalue weighted by Gasteiger charge is 2.34. The van der Waals surface area contributed by atoms with Crippen molar-refractivity contribution in [2.75, 3.05) is 45.7 Å². The molecule has 2 heterocycles. The highest BCUT2D eigenvalue weighted by Crippen LogP contribution is 2.40. The first-order valence-corrected chi connectivity index (χ1v) is 11.7. The van der Waals surface area contributed by atoms with Gasteiger partial charge in [0.25, 0.3) is 0 Å². The normalized spacial score (nSPS) is 14.9. The SMILES string of the molecule is CN(C)CCOc1ccnc(-c2nc3c(c(N(C)CC(=O)CC(C)(C)C)n2)CC(C)(C)C3)c1. The second-order valence-electron chi connectivity index (χ2n) is 11.5. The van der Waals surface area contributed by atoms with Crippen molar-refractivity contribution >= 4 is 11.6 Å². The Kier molecular flexibility index (Phi) is 7.42. The summed E-state index contributed by atoms with van der Waals surface area (Å²) in [5, 5.41) is 0. The molecule has 7 heteroatoms. The minimum atomic E-state index is -0.0321. The van der Waals surface area contributed by atoms with Gasteiger partial charge in [0.2, 0.25) is 0 Å². The molecule has 1 aliphatic carbocycles. The van der Waals surface area contributed by atoms with E-state index in [1.807, 2.05) is 38.2 Å². The second kappa shape index (κ2) is 9.75. The van der Waals surface area contributed by atoms with Gasteiger partial charge >= 0.3 is 0 Å². The Morgan fingerprint density at radius 1 is 1.15 bits per heavy atom. The minimum Gasteiger partial charge on any atom is -0.492 e. The molecule has 0 fully saturated rings. The second-order valence-corrected chi connectivity index (χ2v) is 11.5. The number of aromatic nitrogens is 3. The molecule has 3 rings (SSSR count). The first-order valence-electron chi connectivity index (χ1n) is 11.7. The monoisotopic (exact) mass is 453 g/mol. The third-order valence-electron chi connectivity index (χ3n) is 5.64. The first-order chi connectivity index (χ1) is 15.3. The van der Waals surface area contributed by atoms with Crippen molar-refractivity contribution in [1.82, 2.24) is 19.9 Å². The van der Waals surface area contributed by atoms with Gasteiger partial charge in [-0.05, 0) is 43.8 Å². The number of Topliss-reactive ketones (excluding diaryl/α,β-unsaturated/α-hetero) is 1. The van der Waals surface area contributed by atoms with Crippen molar-refractivity contribution in [2.24, 2.45) is 10.8 Å². The van der Waals surface area contributed by atoms with Crippen LogP contribution in [0.5, 0.6) is 5.75 Å². The van der Waals surface area contributed by atoms with Gasteiger partial charge in [-0.1, -0.05) is 34.6 Å². The van der Waals surface area contributed by atoms with Gasteiger partial charge in [0.05, 0.1) is 12.2 Å². The van der Waals surface area contributed by atoms with E-state index in [4.69, 9.17) is 14.7 Å². The third kappa shape index (κ3) is 6.97. The van der Waals surface area contributed by atoms with E-state index in [0.29, 0.717) is 31.1 Å². The van der Waals surface area contributed by atoms with Crippen molar-refractivity contribution < 1.29 is 9.53 Å². The average molecular weight is 454 g/mol. The van der Waals surface area contributed by atoms with Gasteiger partial charge in [0.1, 0.15) is 23.9 Å². The topological polar surface area (TPSA) is 71.5 Å². The van der Waals surface area contributed by atoms with E-state index in [-0.39, 0.29) is 16.6 Å². The van der Waals surface area contributed by atoms with Crippen LogP contribution in [0.3, 0.4) is 0 Å². The maximum atomic E-state index is 12.7. The summed E-state index contributed by atoms with van der Waals surface area (Å²) in [6.07, 6.45) is 4.05. The molecule has 0 saturated heterocycles. The van der Waals surface area contributed by atoms with Crippen molar-refractivity contribution in [2.45, 2.75) is 53.9 Å². The molecular weight excluding hydrogens is 414 g/mol. The quantitative estimate of drug-likeness (QED) is 0.567. The number of likely N-dealkylation sites (N-methyl/N-ethyl adjacent to an activating group) is 2. The van der Waals surface area contributed by atoms with E-state index < -0.39 is 0 Å². The maximum Gasteiger partial charge on any atom is 0.180 e. The highest BCUT2D eigenvalue weighted by atomic mass is 16.5. The van der Waals surface area contributed by atoms with E-state index in [0.717, 1.165) is 42.2 Å². The molecule has 0 bridgehead atoms. The molecule has 2 aromatic rings. The lowest BCUT2D eigenvalue weighted by Gasteiger charge is -2.24. The number of ketones is 1. The van der Waals surface area contributed by atoms with Crippen LogP contribution < -0.4 is 9.64 Å². The summed E-state index contributed by atoms with van der Waals surface area (Å²) >= 11 is 0. The Hall–Kier alpha value is -2.54. The summed E-state index contributed by atoms with van der Waals surface area (Å²) in [7, 11) is 5.99. The number of ether oxygens (including phenoxy) is 1. The zero-order chi connectivity index (χ0) is 24.4. The summed E-state index contributed by atoms with van der Waals surface area (Å²) in [6.45, 7) is 12.5. The summed E-state index contributed by atoms with van der Waals surface area (Å²) in [6, 6.07) is 3.75. The van der Waals surface area contributed by atoms with Crippen LogP contribution in [0.4, 0.5) is 5.82 Å². The van der Waals surface area contributed by atoms with Crippen molar-refractivity contribution in [3.05, 3.63) is 29.6 Å². The van der Waals surface area contributed by atoms with Gasteiger partial charge in [0.15, 0.2) is 11.6 Å². The molecule has 0 aromatic carbocycles. The molecule has 1 aliphatic rings. The third-order valence-corrected chi connectivity index (χ3v) is 5.64. The predicted octanol–water partition coefficient (Wildman–Crippen LogP) is 4.05. The summed E-state index contributed by atoms with van der Waals surface area (Å²) in [4.78, 5) is 31.1. The molecule has 0 spiro atoms. The number of carbonyl (C=O) groups excluding carboxylic acids is 1. The lowest BCUT2D eigenvalue weighted by atomic mass is 9.90. The Balaban J connectivity index is 1.91. The van der Waals surface area contributed by atoms with Crippen LogP contribution in [0, 0.1) is 10.8 Å². The van der Waals surface area contributed by atoms with E-state index in [1.54, 1.807) is 6.20 Å². The molecule has 2 aromatic heterocycles. The molecule has 0 radical (unpaired) electrons. The lowest BCUT2D eigenvalue weighted by molar-refractivity contribution is -0.119. The predicted molar refractivity (Wildman–Crippen MR) is 133 cm³/mol. The largest absolute Gasteiger partial charge is 0.492 e. The lowest BCUT2D eigenvalue weighted by Crippen LogP contribution is -2.30. The molecule has 0 atom stereocenters. The molecule has 180 valence electrons. The molecular formula is C26H39N5O2. The molecule has 0 saturated carbocycles. The molecule has 0 amide bonds. The Bertz CT molecular complexity index is 995.